The van der Waals surface area contributed by atoms with E-state index in [-0.39, 0.29) is 6.04 Å². The number of thiophene rings is 1. The summed E-state index contributed by atoms with van der Waals surface area (Å²) >= 11 is 1.72. The van der Waals surface area contributed by atoms with Crippen molar-refractivity contribution in [3.05, 3.63) is 46.2 Å². The molecule has 1 aromatic heterocycles. The van der Waals surface area contributed by atoms with E-state index >= 15 is 0 Å². The highest BCUT2D eigenvalue weighted by atomic mass is 32.1. The lowest BCUT2D eigenvalue weighted by atomic mass is 10.0. The Morgan fingerprint density at radius 1 is 1.14 bits per heavy atom. The fourth-order valence-corrected chi connectivity index (χ4v) is 3.22. The van der Waals surface area contributed by atoms with Gasteiger partial charge in [0.15, 0.2) is 0 Å². The summed E-state index contributed by atoms with van der Waals surface area (Å²) in [5.41, 5.74) is 1.23. The summed E-state index contributed by atoms with van der Waals surface area (Å²) in [4.78, 5) is 1.22. The molecule has 3 nitrogen and oxygen atoms in total. The molecule has 0 aliphatic heterocycles. The Hall–Kier alpha value is -1.52. The largest absolute Gasteiger partial charge is 0.496 e. The topological polar surface area (TPSA) is 30.5 Å². The maximum Gasteiger partial charge on any atom is 0.134 e. The summed E-state index contributed by atoms with van der Waals surface area (Å²) in [5.74, 6) is 1.86. The van der Waals surface area contributed by atoms with Crippen molar-refractivity contribution in [2.45, 2.75) is 26.3 Å². The van der Waals surface area contributed by atoms with Crippen LogP contribution in [0.4, 0.5) is 0 Å². The molecule has 0 aliphatic rings. The molecule has 4 heteroatoms. The number of benzene rings is 1. The molecule has 0 bridgehead atoms. The van der Waals surface area contributed by atoms with Gasteiger partial charge in [-0.3, -0.25) is 0 Å². The third-order valence-corrected chi connectivity index (χ3v) is 4.23. The highest BCUT2D eigenvalue weighted by Crippen LogP contribution is 2.35. The Morgan fingerprint density at radius 2 is 1.90 bits per heavy atom. The van der Waals surface area contributed by atoms with Crippen LogP contribution in [0.2, 0.25) is 0 Å². The van der Waals surface area contributed by atoms with E-state index in [0.29, 0.717) is 6.61 Å². The van der Waals surface area contributed by atoms with Gasteiger partial charge in [-0.2, -0.15) is 0 Å². The molecule has 0 radical (unpaired) electrons. The zero-order valence-corrected chi connectivity index (χ0v) is 13.7. The van der Waals surface area contributed by atoms with Crippen molar-refractivity contribution in [1.29, 1.82) is 0 Å². The van der Waals surface area contributed by atoms with Gasteiger partial charge < -0.3 is 14.8 Å². The van der Waals surface area contributed by atoms with E-state index in [1.54, 1.807) is 18.4 Å². The first-order valence-corrected chi connectivity index (χ1v) is 8.25. The van der Waals surface area contributed by atoms with Gasteiger partial charge in [0.1, 0.15) is 11.5 Å². The lowest BCUT2D eigenvalue weighted by molar-refractivity contribution is 0.340. The Kier molecular flexibility index (Phi) is 6.08. The average molecular weight is 305 g/mol. The molecule has 21 heavy (non-hydrogen) atoms. The van der Waals surface area contributed by atoms with E-state index in [4.69, 9.17) is 9.47 Å². The second kappa shape index (κ2) is 8.05. The first-order valence-electron chi connectivity index (χ1n) is 7.37. The first-order chi connectivity index (χ1) is 10.3. The molecule has 1 heterocycles. The zero-order chi connectivity index (χ0) is 15.1. The van der Waals surface area contributed by atoms with Crippen molar-refractivity contribution in [3.8, 4) is 11.5 Å². The molecular weight excluding hydrogens is 282 g/mol. The van der Waals surface area contributed by atoms with E-state index in [2.05, 4.69) is 29.8 Å². The highest BCUT2D eigenvalue weighted by molar-refractivity contribution is 7.10. The van der Waals surface area contributed by atoms with Crippen LogP contribution in [0, 0.1) is 0 Å². The minimum atomic E-state index is 0.163. The van der Waals surface area contributed by atoms with Gasteiger partial charge in [0, 0.05) is 0 Å². The van der Waals surface area contributed by atoms with Crippen LogP contribution in [0.15, 0.2) is 35.7 Å². The molecule has 1 aromatic carbocycles. The molecule has 2 rings (SSSR count). The smallest absolute Gasteiger partial charge is 0.134 e. The van der Waals surface area contributed by atoms with Gasteiger partial charge >= 0.3 is 0 Å². The molecule has 1 atom stereocenters. The normalized spacial score (nSPS) is 12.1. The Labute approximate surface area is 130 Å². The van der Waals surface area contributed by atoms with E-state index in [1.807, 2.05) is 25.1 Å². The fourth-order valence-electron chi connectivity index (χ4n) is 2.26. The van der Waals surface area contributed by atoms with Gasteiger partial charge in [-0.15, -0.1) is 11.3 Å². The molecular formula is C17H23NO2S. The van der Waals surface area contributed by atoms with Crippen molar-refractivity contribution in [2.24, 2.45) is 0 Å². The van der Waals surface area contributed by atoms with E-state index < -0.39 is 0 Å². The number of methoxy groups -OCH3 is 1. The minimum Gasteiger partial charge on any atom is -0.496 e. The van der Waals surface area contributed by atoms with Crippen molar-refractivity contribution < 1.29 is 9.47 Å². The third kappa shape index (κ3) is 3.99. The summed E-state index contributed by atoms with van der Waals surface area (Å²) in [6.45, 7) is 5.83. The van der Waals surface area contributed by atoms with Crippen LogP contribution >= 0.6 is 11.3 Å². The van der Waals surface area contributed by atoms with Crippen molar-refractivity contribution in [1.82, 2.24) is 5.32 Å². The van der Waals surface area contributed by atoms with Gasteiger partial charge in [0.05, 0.1) is 24.6 Å². The van der Waals surface area contributed by atoms with Gasteiger partial charge in [-0.05, 0) is 49.0 Å². The predicted molar refractivity (Wildman–Crippen MR) is 88.6 cm³/mol. The Morgan fingerprint density at radius 3 is 2.52 bits per heavy atom. The second-order valence-corrected chi connectivity index (χ2v) is 5.69. The summed E-state index contributed by atoms with van der Waals surface area (Å²) in [6, 6.07) is 10.5. The average Bonchev–Trinajstić information content (AvgIpc) is 2.98. The number of rotatable bonds is 8. The van der Waals surface area contributed by atoms with Crippen LogP contribution in [0.3, 0.4) is 0 Å². The van der Waals surface area contributed by atoms with Crippen LogP contribution in [-0.2, 0) is 0 Å². The minimum absolute atomic E-state index is 0.163. The molecule has 2 aromatic rings. The quantitative estimate of drug-likeness (QED) is 0.791. The molecule has 0 fully saturated rings. The fraction of sp³-hybridized carbons (Fsp3) is 0.412. The van der Waals surface area contributed by atoms with Crippen molar-refractivity contribution in [2.75, 3.05) is 20.3 Å². The van der Waals surface area contributed by atoms with Crippen LogP contribution in [0.25, 0.3) is 0 Å². The van der Waals surface area contributed by atoms with Crippen LogP contribution in [-0.4, -0.2) is 20.3 Å². The summed E-state index contributed by atoms with van der Waals surface area (Å²) in [5, 5.41) is 5.68. The number of hydrogen-bond acceptors (Lipinski definition) is 4. The summed E-state index contributed by atoms with van der Waals surface area (Å²) < 4.78 is 11.0. The highest BCUT2D eigenvalue weighted by Gasteiger charge is 2.19. The Balaban J connectivity index is 2.26. The molecule has 1 unspecified atom stereocenters. The molecule has 0 saturated carbocycles. The molecule has 114 valence electrons. The molecule has 0 saturated heterocycles. The third-order valence-electron chi connectivity index (χ3n) is 3.26. The predicted octanol–water partition coefficient (Wildman–Crippen LogP) is 4.24. The van der Waals surface area contributed by atoms with Gasteiger partial charge in [0.25, 0.3) is 0 Å². The lowest BCUT2D eigenvalue weighted by Crippen LogP contribution is -2.22. The van der Waals surface area contributed by atoms with E-state index in [1.165, 1.54) is 10.4 Å². The number of hydrogen-bond donors (Lipinski definition) is 1. The summed E-state index contributed by atoms with van der Waals surface area (Å²) in [6.07, 6.45) is 1.10. The SMILES string of the molecule is CCCNC(c1ccc(OCC)cc1)c1sccc1OC. The van der Waals surface area contributed by atoms with E-state index in [0.717, 1.165) is 24.5 Å². The van der Waals surface area contributed by atoms with Gasteiger partial charge in [-0.1, -0.05) is 19.1 Å². The van der Waals surface area contributed by atoms with Gasteiger partial charge in [-0.25, -0.2) is 0 Å². The monoisotopic (exact) mass is 305 g/mol. The van der Waals surface area contributed by atoms with Crippen LogP contribution in [0.5, 0.6) is 11.5 Å². The maximum absolute atomic E-state index is 5.51. The zero-order valence-electron chi connectivity index (χ0n) is 12.9. The number of nitrogens with one attached hydrogen (secondary N) is 1. The van der Waals surface area contributed by atoms with Crippen molar-refractivity contribution >= 4 is 11.3 Å². The summed E-state index contributed by atoms with van der Waals surface area (Å²) in [7, 11) is 1.72. The second-order valence-electron chi connectivity index (χ2n) is 4.74. The maximum atomic E-state index is 5.51. The van der Waals surface area contributed by atoms with Gasteiger partial charge in [0.2, 0.25) is 0 Å². The Bertz CT molecular complexity index is 536. The first kappa shape index (κ1) is 15.9. The lowest BCUT2D eigenvalue weighted by Gasteiger charge is -2.19. The van der Waals surface area contributed by atoms with Crippen LogP contribution < -0.4 is 14.8 Å². The van der Waals surface area contributed by atoms with E-state index in [9.17, 15) is 0 Å². The molecule has 0 spiro atoms. The van der Waals surface area contributed by atoms with Crippen LogP contribution in [0.1, 0.15) is 36.8 Å². The standard InChI is InChI=1S/C17H23NO2S/c1-4-11-18-16(17-15(19-3)10-12-21-17)13-6-8-14(9-7-13)20-5-2/h6-10,12,16,18H,4-5,11H2,1-3H3. The molecule has 0 amide bonds. The molecule has 1 N–H and O–H groups in total. The molecule has 0 aliphatic carbocycles. The number of ether oxygens (including phenoxy) is 2. The van der Waals surface area contributed by atoms with Crippen molar-refractivity contribution in [3.63, 3.8) is 0 Å².